The zero-order chi connectivity index (χ0) is 10.7. The van der Waals surface area contributed by atoms with Gasteiger partial charge in [-0.3, -0.25) is 0 Å². The number of hydrogen-bond acceptors (Lipinski definition) is 3. The molecule has 90 valence electrons. The molecule has 0 aromatic heterocycles. The zero-order valence-corrected chi connectivity index (χ0v) is 10.0. The molecule has 1 heterocycles. The molecule has 1 aliphatic heterocycles. The van der Waals surface area contributed by atoms with Crippen LogP contribution in [0.4, 0.5) is 0 Å². The van der Waals surface area contributed by atoms with E-state index in [0.29, 0.717) is 0 Å². The van der Waals surface area contributed by atoms with Gasteiger partial charge in [-0.05, 0) is 50.0 Å². The van der Waals surface area contributed by atoms with Gasteiger partial charge in [0.15, 0.2) is 11.5 Å². The second-order valence-electron chi connectivity index (χ2n) is 4.12. The van der Waals surface area contributed by atoms with Gasteiger partial charge in [-0.1, -0.05) is 6.07 Å². The summed E-state index contributed by atoms with van der Waals surface area (Å²) in [4.78, 5) is 2.43. The third-order valence-corrected chi connectivity index (χ3v) is 2.96. The lowest BCUT2D eigenvalue weighted by Gasteiger charge is -2.14. The lowest BCUT2D eigenvalue weighted by Crippen LogP contribution is -2.21. The van der Waals surface area contributed by atoms with Gasteiger partial charge in [0.25, 0.3) is 0 Å². The molecule has 16 heavy (non-hydrogen) atoms. The van der Waals surface area contributed by atoms with Crippen molar-refractivity contribution < 1.29 is 10.2 Å². The van der Waals surface area contributed by atoms with E-state index in [1.165, 1.54) is 25.9 Å². The predicted molar refractivity (Wildman–Crippen MR) is 66.4 cm³/mol. The molecular weight excluding hydrogens is 226 g/mol. The highest BCUT2D eigenvalue weighted by Gasteiger charge is 2.11. The predicted octanol–water partition coefficient (Wildman–Crippen LogP) is 2.16. The Hall–Kier alpha value is -0.930. The average molecular weight is 244 g/mol. The molecule has 2 N–H and O–H groups in total. The number of aromatic hydroxyl groups is 2. The first-order chi connectivity index (χ1) is 7.25. The topological polar surface area (TPSA) is 43.7 Å². The summed E-state index contributed by atoms with van der Waals surface area (Å²) < 4.78 is 0. The van der Waals surface area contributed by atoms with E-state index < -0.39 is 0 Å². The highest BCUT2D eigenvalue weighted by atomic mass is 35.5. The van der Waals surface area contributed by atoms with E-state index in [1.54, 1.807) is 12.1 Å². The molecule has 3 nitrogen and oxygen atoms in total. The van der Waals surface area contributed by atoms with E-state index in [-0.39, 0.29) is 23.9 Å². The van der Waals surface area contributed by atoms with Crippen molar-refractivity contribution in [3.63, 3.8) is 0 Å². The van der Waals surface area contributed by atoms with Crippen molar-refractivity contribution in [3.05, 3.63) is 23.8 Å². The van der Waals surface area contributed by atoms with Gasteiger partial charge >= 0.3 is 0 Å². The molecule has 0 radical (unpaired) electrons. The van der Waals surface area contributed by atoms with E-state index in [0.717, 1.165) is 18.5 Å². The van der Waals surface area contributed by atoms with Crippen molar-refractivity contribution >= 4 is 12.4 Å². The Balaban J connectivity index is 0.00000128. The van der Waals surface area contributed by atoms with Crippen LogP contribution in [0.1, 0.15) is 18.4 Å². The minimum absolute atomic E-state index is 0. The Labute approximate surface area is 102 Å². The van der Waals surface area contributed by atoms with Crippen molar-refractivity contribution in [1.82, 2.24) is 4.90 Å². The Morgan fingerprint density at radius 3 is 2.38 bits per heavy atom. The second-order valence-corrected chi connectivity index (χ2v) is 4.12. The molecule has 0 amide bonds. The zero-order valence-electron chi connectivity index (χ0n) is 9.22. The standard InChI is InChI=1S/C12H17NO2.ClH/c14-11-4-3-10(9-12(11)15)5-8-13-6-1-2-7-13;/h3-4,9,14-15H,1-2,5-8H2;1H. The fraction of sp³-hybridized carbons (Fsp3) is 0.500. The second kappa shape index (κ2) is 5.97. The van der Waals surface area contributed by atoms with Crippen LogP contribution in [-0.4, -0.2) is 34.7 Å². The van der Waals surface area contributed by atoms with Crippen LogP contribution < -0.4 is 0 Å². The number of phenolic OH excluding ortho intramolecular Hbond substituents is 2. The monoisotopic (exact) mass is 243 g/mol. The van der Waals surface area contributed by atoms with Crippen molar-refractivity contribution in [3.8, 4) is 11.5 Å². The van der Waals surface area contributed by atoms with Gasteiger partial charge in [0.2, 0.25) is 0 Å². The quantitative estimate of drug-likeness (QED) is 0.800. The summed E-state index contributed by atoms with van der Waals surface area (Å²) in [5.41, 5.74) is 1.08. The van der Waals surface area contributed by atoms with E-state index in [1.807, 2.05) is 6.07 Å². The van der Waals surface area contributed by atoms with Crippen LogP contribution in [-0.2, 0) is 6.42 Å². The molecule has 0 saturated carbocycles. The van der Waals surface area contributed by atoms with Crippen LogP contribution in [0.25, 0.3) is 0 Å². The summed E-state index contributed by atoms with van der Waals surface area (Å²) in [5.74, 6) is -0.0613. The van der Waals surface area contributed by atoms with Crippen LogP contribution >= 0.6 is 12.4 Å². The maximum atomic E-state index is 9.33. The molecule has 0 unspecified atom stereocenters. The minimum Gasteiger partial charge on any atom is -0.504 e. The van der Waals surface area contributed by atoms with Gasteiger partial charge in [-0.25, -0.2) is 0 Å². The number of halogens is 1. The van der Waals surface area contributed by atoms with Gasteiger partial charge in [0, 0.05) is 6.54 Å². The van der Waals surface area contributed by atoms with Gasteiger partial charge in [-0.15, -0.1) is 12.4 Å². The molecule has 0 atom stereocenters. The summed E-state index contributed by atoms with van der Waals surface area (Å²) in [5, 5.41) is 18.5. The number of rotatable bonds is 3. The van der Waals surface area contributed by atoms with Crippen molar-refractivity contribution in [1.29, 1.82) is 0 Å². The fourth-order valence-corrected chi connectivity index (χ4v) is 2.02. The smallest absolute Gasteiger partial charge is 0.157 e. The molecule has 1 saturated heterocycles. The van der Waals surface area contributed by atoms with E-state index in [4.69, 9.17) is 5.11 Å². The van der Waals surface area contributed by atoms with E-state index in [9.17, 15) is 5.11 Å². The number of benzene rings is 1. The van der Waals surface area contributed by atoms with E-state index >= 15 is 0 Å². The first kappa shape index (κ1) is 13.1. The van der Waals surface area contributed by atoms with Crippen molar-refractivity contribution in [2.45, 2.75) is 19.3 Å². The van der Waals surface area contributed by atoms with Gasteiger partial charge < -0.3 is 15.1 Å². The van der Waals surface area contributed by atoms with Crippen LogP contribution in [0, 0.1) is 0 Å². The number of hydrogen-bond donors (Lipinski definition) is 2. The van der Waals surface area contributed by atoms with Crippen LogP contribution in [0.2, 0.25) is 0 Å². The summed E-state index contributed by atoms with van der Waals surface area (Å²) in [6, 6.07) is 5.06. The summed E-state index contributed by atoms with van der Waals surface area (Å²) in [6.45, 7) is 3.44. The Bertz CT molecular complexity index is 338. The third-order valence-electron chi connectivity index (χ3n) is 2.96. The SMILES string of the molecule is Cl.Oc1ccc(CCN2CCCC2)cc1O. The van der Waals surface area contributed by atoms with E-state index in [2.05, 4.69) is 4.90 Å². The number of likely N-dealkylation sites (tertiary alicyclic amines) is 1. The summed E-state index contributed by atoms with van der Waals surface area (Å²) in [7, 11) is 0. The molecule has 4 heteroatoms. The van der Waals surface area contributed by atoms with Gasteiger partial charge in [-0.2, -0.15) is 0 Å². The Morgan fingerprint density at radius 1 is 1.06 bits per heavy atom. The third kappa shape index (κ3) is 3.29. The molecule has 0 bridgehead atoms. The van der Waals surface area contributed by atoms with Crippen molar-refractivity contribution in [2.24, 2.45) is 0 Å². The molecule has 1 aliphatic rings. The van der Waals surface area contributed by atoms with Gasteiger partial charge in [0.1, 0.15) is 0 Å². The Morgan fingerprint density at radius 2 is 1.75 bits per heavy atom. The van der Waals surface area contributed by atoms with Crippen LogP contribution in [0.15, 0.2) is 18.2 Å². The maximum Gasteiger partial charge on any atom is 0.157 e. The normalized spacial score (nSPS) is 16.0. The first-order valence-corrected chi connectivity index (χ1v) is 5.49. The maximum absolute atomic E-state index is 9.33. The first-order valence-electron chi connectivity index (χ1n) is 5.49. The molecule has 1 aromatic rings. The Kier molecular flexibility index (Phi) is 4.90. The molecule has 1 aromatic carbocycles. The van der Waals surface area contributed by atoms with Crippen LogP contribution in [0.5, 0.6) is 11.5 Å². The molecular formula is C12H18ClNO2. The number of nitrogens with zero attached hydrogens (tertiary/aromatic N) is 1. The lowest BCUT2D eigenvalue weighted by molar-refractivity contribution is 0.343. The molecule has 0 aliphatic carbocycles. The highest BCUT2D eigenvalue weighted by molar-refractivity contribution is 5.85. The van der Waals surface area contributed by atoms with Crippen molar-refractivity contribution in [2.75, 3.05) is 19.6 Å². The largest absolute Gasteiger partial charge is 0.504 e. The number of phenols is 2. The summed E-state index contributed by atoms with van der Waals surface area (Å²) in [6.07, 6.45) is 3.55. The molecule has 0 spiro atoms. The molecule has 1 fully saturated rings. The minimum atomic E-state index is -0.0417. The highest BCUT2D eigenvalue weighted by Crippen LogP contribution is 2.25. The molecule has 2 rings (SSSR count). The van der Waals surface area contributed by atoms with Gasteiger partial charge in [0.05, 0.1) is 0 Å². The lowest BCUT2D eigenvalue weighted by atomic mass is 10.1. The summed E-state index contributed by atoms with van der Waals surface area (Å²) >= 11 is 0. The van der Waals surface area contributed by atoms with Crippen LogP contribution in [0.3, 0.4) is 0 Å². The fourth-order valence-electron chi connectivity index (χ4n) is 2.02. The average Bonchev–Trinajstić information content (AvgIpc) is 2.73.